The van der Waals surface area contributed by atoms with Crippen molar-refractivity contribution in [1.82, 2.24) is 9.97 Å². The van der Waals surface area contributed by atoms with E-state index >= 15 is 0 Å². The maximum atomic E-state index is 11.3. The predicted octanol–water partition coefficient (Wildman–Crippen LogP) is 2.06. The van der Waals surface area contributed by atoms with Crippen molar-refractivity contribution in [2.75, 3.05) is 17.3 Å². The van der Waals surface area contributed by atoms with E-state index in [-0.39, 0.29) is 5.82 Å². The molecular formula is C12H13ClN4OS. The monoisotopic (exact) mass is 296 g/mol. The first-order valence-corrected chi connectivity index (χ1v) is 7.43. The normalized spacial score (nSPS) is 12.1. The van der Waals surface area contributed by atoms with Crippen LogP contribution in [0.3, 0.4) is 0 Å². The summed E-state index contributed by atoms with van der Waals surface area (Å²) in [4.78, 5) is 8.60. The zero-order valence-electron chi connectivity index (χ0n) is 10.3. The van der Waals surface area contributed by atoms with E-state index in [0.29, 0.717) is 17.4 Å². The molecule has 0 aliphatic carbocycles. The molecule has 0 unspecified atom stereocenters. The second-order valence-corrected chi connectivity index (χ2v) is 5.63. The van der Waals surface area contributed by atoms with Crippen molar-refractivity contribution in [2.24, 2.45) is 0 Å². The Morgan fingerprint density at radius 1 is 1.32 bits per heavy atom. The molecule has 1 aromatic heterocycles. The number of hydrogen-bond donors (Lipinski definition) is 2. The molecule has 0 spiro atoms. The highest BCUT2D eigenvalue weighted by Crippen LogP contribution is 2.23. The molecule has 1 aromatic carbocycles. The van der Waals surface area contributed by atoms with E-state index < -0.39 is 10.8 Å². The van der Waals surface area contributed by atoms with Gasteiger partial charge in [-0.2, -0.15) is 0 Å². The fraction of sp³-hybridized carbons (Fsp3) is 0.167. The third-order valence-electron chi connectivity index (χ3n) is 2.53. The molecule has 7 heteroatoms. The van der Waals surface area contributed by atoms with Crippen molar-refractivity contribution in [3.05, 3.63) is 41.2 Å². The van der Waals surface area contributed by atoms with Crippen molar-refractivity contribution >= 4 is 34.0 Å². The number of hydrogen-bond acceptors (Lipinski definition) is 5. The first-order chi connectivity index (χ1) is 9.08. The number of rotatable bonds is 4. The van der Waals surface area contributed by atoms with Crippen LogP contribution in [0.2, 0.25) is 5.02 Å². The molecule has 100 valence electrons. The lowest BCUT2D eigenvalue weighted by molar-refractivity contribution is 0.687. The molecular weight excluding hydrogens is 284 g/mol. The van der Waals surface area contributed by atoms with Crippen LogP contribution < -0.4 is 11.1 Å². The third kappa shape index (κ3) is 3.42. The highest BCUT2D eigenvalue weighted by Gasteiger charge is 2.06. The van der Waals surface area contributed by atoms with Crippen molar-refractivity contribution in [3.8, 4) is 0 Å². The minimum absolute atomic E-state index is 0.246. The maximum Gasteiger partial charge on any atom is 0.150 e. The average molecular weight is 297 g/mol. The Labute approximate surface area is 118 Å². The Morgan fingerprint density at radius 3 is 2.63 bits per heavy atom. The van der Waals surface area contributed by atoms with Crippen LogP contribution in [0.4, 0.5) is 11.6 Å². The fourth-order valence-electron chi connectivity index (χ4n) is 1.49. The smallest absolute Gasteiger partial charge is 0.150 e. The molecule has 0 saturated carbocycles. The highest BCUT2D eigenvalue weighted by molar-refractivity contribution is 7.84. The number of nitrogen functional groups attached to an aromatic ring is 1. The van der Waals surface area contributed by atoms with Crippen molar-refractivity contribution in [1.29, 1.82) is 0 Å². The Morgan fingerprint density at radius 2 is 2.00 bits per heavy atom. The average Bonchev–Trinajstić information content (AvgIpc) is 2.41. The van der Waals surface area contributed by atoms with Crippen LogP contribution in [0, 0.1) is 0 Å². The highest BCUT2D eigenvalue weighted by atomic mass is 35.5. The summed E-state index contributed by atoms with van der Waals surface area (Å²) in [6.45, 7) is 0.548. The molecule has 0 bridgehead atoms. The Balaban J connectivity index is 2.06. The molecule has 0 aliphatic rings. The number of benzene rings is 1. The molecule has 19 heavy (non-hydrogen) atoms. The fourth-order valence-corrected chi connectivity index (χ4v) is 2.18. The van der Waals surface area contributed by atoms with Gasteiger partial charge in [-0.1, -0.05) is 23.7 Å². The molecule has 5 nitrogen and oxygen atoms in total. The quantitative estimate of drug-likeness (QED) is 0.902. The molecule has 0 aliphatic heterocycles. The molecule has 0 amide bonds. The van der Waals surface area contributed by atoms with Crippen LogP contribution in [-0.4, -0.2) is 20.4 Å². The van der Waals surface area contributed by atoms with Gasteiger partial charge in [0.25, 0.3) is 0 Å². The Kier molecular flexibility index (Phi) is 4.34. The van der Waals surface area contributed by atoms with Crippen LogP contribution in [0.1, 0.15) is 5.56 Å². The summed E-state index contributed by atoms with van der Waals surface area (Å²) in [6, 6.07) is 7.48. The Hall–Kier alpha value is -1.66. The van der Waals surface area contributed by atoms with E-state index in [0.717, 1.165) is 10.5 Å². The van der Waals surface area contributed by atoms with Crippen LogP contribution in [0.15, 0.2) is 35.5 Å². The number of nitrogens with zero attached hydrogens (tertiary/aromatic N) is 2. The van der Waals surface area contributed by atoms with Gasteiger partial charge in [0.2, 0.25) is 0 Å². The molecule has 0 radical (unpaired) electrons. The number of aromatic nitrogens is 2. The van der Waals surface area contributed by atoms with E-state index in [2.05, 4.69) is 15.3 Å². The van der Waals surface area contributed by atoms with E-state index in [9.17, 15) is 4.21 Å². The predicted molar refractivity (Wildman–Crippen MR) is 77.6 cm³/mol. The van der Waals surface area contributed by atoms with E-state index in [1.807, 2.05) is 24.3 Å². The summed E-state index contributed by atoms with van der Waals surface area (Å²) in [5.74, 6) is 0.744. The second-order valence-electron chi connectivity index (χ2n) is 3.87. The zero-order valence-corrected chi connectivity index (χ0v) is 11.8. The molecule has 2 aromatic rings. The van der Waals surface area contributed by atoms with Crippen molar-refractivity contribution < 1.29 is 4.21 Å². The van der Waals surface area contributed by atoms with E-state index in [1.54, 1.807) is 6.26 Å². The zero-order chi connectivity index (χ0) is 13.8. The maximum absolute atomic E-state index is 11.3. The molecule has 0 fully saturated rings. The summed E-state index contributed by atoms with van der Waals surface area (Å²) >= 11 is 5.97. The van der Waals surface area contributed by atoms with Gasteiger partial charge in [0.05, 0.1) is 0 Å². The van der Waals surface area contributed by atoms with Crippen molar-refractivity contribution in [3.63, 3.8) is 0 Å². The van der Waals surface area contributed by atoms with E-state index in [1.165, 1.54) is 6.33 Å². The van der Waals surface area contributed by atoms with Gasteiger partial charge in [0.1, 0.15) is 17.2 Å². The second kappa shape index (κ2) is 5.99. The van der Waals surface area contributed by atoms with Gasteiger partial charge in [0, 0.05) is 28.5 Å². The van der Waals surface area contributed by atoms with Crippen molar-refractivity contribution in [2.45, 2.75) is 11.4 Å². The van der Waals surface area contributed by atoms with Gasteiger partial charge in [-0.3, -0.25) is 4.21 Å². The lowest BCUT2D eigenvalue weighted by atomic mass is 10.2. The first kappa shape index (κ1) is 13.8. The number of halogens is 1. The van der Waals surface area contributed by atoms with Crippen LogP contribution in [0.5, 0.6) is 0 Å². The van der Waals surface area contributed by atoms with E-state index in [4.69, 9.17) is 17.3 Å². The van der Waals surface area contributed by atoms with Gasteiger partial charge in [-0.05, 0) is 17.7 Å². The summed E-state index contributed by atoms with van der Waals surface area (Å²) < 4.78 is 11.3. The molecule has 0 saturated heterocycles. The SMILES string of the molecule is C[S@](=O)c1ccc(CNc2ncnc(N)c2Cl)cc1. The number of anilines is 2. The topological polar surface area (TPSA) is 80.9 Å². The Bertz CT molecular complexity index is 603. The number of nitrogens with two attached hydrogens (primary N) is 1. The lowest BCUT2D eigenvalue weighted by Gasteiger charge is -2.08. The van der Waals surface area contributed by atoms with Gasteiger partial charge in [0.15, 0.2) is 5.82 Å². The summed E-state index contributed by atoms with van der Waals surface area (Å²) in [7, 11) is -0.963. The molecule has 1 atom stereocenters. The van der Waals surface area contributed by atoms with Crippen LogP contribution in [-0.2, 0) is 17.3 Å². The molecule has 3 N–H and O–H groups in total. The number of nitrogens with one attached hydrogen (secondary N) is 1. The minimum Gasteiger partial charge on any atom is -0.382 e. The summed E-state index contributed by atoms with van der Waals surface area (Å²) in [5, 5.41) is 3.39. The standard InChI is InChI=1S/C12H13ClN4OS/c1-19(18)9-4-2-8(3-5-9)6-15-12-10(13)11(14)16-7-17-12/h2-5,7H,6H2,1H3,(H3,14,15,16,17)/t19-/m0/s1. The largest absolute Gasteiger partial charge is 0.382 e. The summed E-state index contributed by atoms with van der Waals surface area (Å²) in [6.07, 6.45) is 3.00. The van der Waals surface area contributed by atoms with Crippen LogP contribution >= 0.6 is 11.6 Å². The van der Waals surface area contributed by atoms with Gasteiger partial charge < -0.3 is 11.1 Å². The molecule has 1 heterocycles. The summed E-state index contributed by atoms with van der Waals surface area (Å²) in [5.41, 5.74) is 6.62. The molecule has 2 rings (SSSR count). The van der Waals surface area contributed by atoms with Gasteiger partial charge in [-0.25, -0.2) is 9.97 Å². The first-order valence-electron chi connectivity index (χ1n) is 5.50. The van der Waals surface area contributed by atoms with Gasteiger partial charge in [-0.15, -0.1) is 0 Å². The lowest BCUT2D eigenvalue weighted by Crippen LogP contribution is -2.04. The van der Waals surface area contributed by atoms with Gasteiger partial charge >= 0.3 is 0 Å². The van der Waals surface area contributed by atoms with Crippen LogP contribution in [0.25, 0.3) is 0 Å². The minimum atomic E-state index is -0.963. The third-order valence-corrected chi connectivity index (χ3v) is 3.84.